The molecule has 1 aliphatic rings. The van der Waals surface area contributed by atoms with Crippen molar-refractivity contribution in [3.63, 3.8) is 0 Å². The lowest BCUT2D eigenvalue weighted by Gasteiger charge is -2.41. The molecule has 1 unspecified atom stereocenters. The first-order chi connectivity index (χ1) is 9.06. The monoisotopic (exact) mass is 277 g/mol. The standard InChI is InChI=1S/C17H27NS/c1-13(2)15-6-8-16(9-7-15)14(3)18-12-17(19-4)10-5-11-17/h6-9,13-14,18H,5,10-12H2,1-4H3. The minimum Gasteiger partial charge on any atom is -0.309 e. The van der Waals surface area contributed by atoms with Gasteiger partial charge in [-0.1, -0.05) is 44.5 Å². The van der Waals surface area contributed by atoms with Crippen LogP contribution >= 0.6 is 11.8 Å². The quantitative estimate of drug-likeness (QED) is 0.805. The average Bonchev–Trinajstić information content (AvgIpc) is 2.38. The molecule has 2 heteroatoms. The van der Waals surface area contributed by atoms with E-state index in [4.69, 9.17) is 0 Å². The van der Waals surface area contributed by atoms with Crippen LogP contribution in [-0.2, 0) is 0 Å². The van der Waals surface area contributed by atoms with E-state index < -0.39 is 0 Å². The lowest BCUT2D eigenvalue weighted by atomic mass is 9.84. The molecule has 1 aromatic carbocycles. The van der Waals surface area contributed by atoms with Gasteiger partial charge < -0.3 is 5.32 Å². The van der Waals surface area contributed by atoms with Crippen molar-refractivity contribution < 1.29 is 0 Å². The predicted octanol–water partition coefficient (Wildman–Crippen LogP) is 4.75. The average molecular weight is 277 g/mol. The molecule has 1 atom stereocenters. The smallest absolute Gasteiger partial charge is 0.0292 e. The molecule has 0 aromatic heterocycles. The van der Waals surface area contributed by atoms with E-state index in [1.807, 2.05) is 11.8 Å². The lowest BCUT2D eigenvalue weighted by Crippen LogP contribution is -2.43. The SMILES string of the molecule is CSC1(CNC(C)c2ccc(C(C)C)cc2)CCC1. The van der Waals surface area contributed by atoms with Gasteiger partial charge in [-0.05, 0) is 43.1 Å². The molecule has 2 rings (SSSR count). The number of hydrogen-bond donors (Lipinski definition) is 1. The molecule has 0 bridgehead atoms. The van der Waals surface area contributed by atoms with Gasteiger partial charge in [-0.15, -0.1) is 0 Å². The first kappa shape index (κ1) is 14.9. The number of hydrogen-bond acceptors (Lipinski definition) is 2. The molecule has 0 radical (unpaired) electrons. The summed E-state index contributed by atoms with van der Waals surface area (Å²) in [6.45, 7) is 7.91. The predicted molar refractivity (Wildman–Crippen MR) is 87.0 cm³/mol. The van der Waals surface area contributed by atoms with Crippen molar-refractivity contribution in [3.8, 4) is 0 Å². The van der Waals surface area contributed by atoms with Crippen molar-refractivity contribution >= 4 is 11.8 Å². The lowest BCUT2D eigenvalue weighted by molar-refractivity contribution is 0.334. The van der Waals surface area contributed by atoms with Crippen LogP contribution in [0.2, 0.25) is 0 Å². The third-order valence-electron chi connectivity index (χ3n) is 4.53. The van der Waals surface area contributed by atoms with Gasteiger partial charge in [0.2, 0.25) is 0 Å². The van der Waals surface area contributed by atoms with E-state index in [-0.39, 0.29) is 0 Å². The second kappa shape index (κ2) is 6.32. The molecule has 1 saturated carbocycles. The van der Waals surface area contributed by atoms with Gasteiger partial charge in [0.05, 0.1) is 0 Å². The van der Waals surface area contributed by atoms with E-state index in [2.05, 4.69) is 56.6 Å². The molecule has 1 fully saturated rings. The minimum absolute atomic E-state index is 0.450. The molecule has 1 aromatic rings. The number of benzene rings is 1. The Morgan fingerprint density at radius 2 is 1.68 bits per heavy atom. The topological polar surface area (TPSA) is 12.0 Å². The Kier molecular flexibility index (Phi) is 4.97. The number of thioether (sulfide) groups is 1. The molecule has 0 aliphatic heterocycles. The van der Waals surface area contributed by atoms with Crippen LogP contribution in [0.15, 0.2) is 24.3 Å². The van der Waals surface area contributed by atoms with E-state index in [1.165, 1.54) is 30.4 Å². The molecular formula is C17H27NS. The highest BCUT2D eigenvalue weighted by atomic mass is 32.2. The van der Waals surface area contributed by atoms with Crippen LogP contribution in [0.1, 0.15) is 63.1 Å². The van der Waals surface area contributed by atoms with Gasteiger partial charge >= 0.3 is 0 Å². The van der Waals surface area contributed by atoms with E-state index in [0.717, 1.165) is 6.54 Å². The van der Waals surface area contributed by atoms with E-state index in [9.17, 15) is 0 Å². The summed E-state index contributed by atoms with van der Waals surface area (Å²) >= 11 is 2.04. The van der Waals surface area contributed by atoms with Gasteiger partial charge in [-0.3, -0.25) is 0 Å². The molecule has 1 nitrogen and oxygen atoms in total. The van der Waals surface area contributed by atoms with Gasteiger partial charge in [0, 0.05) is 17.3 Å². The van der Waals surface area contributed by atoms with Crippen LogP contribution < -0.4 is 5.32 Å². The first-order valence-electron chi connectivity index (χ1n) is 7.45. The molecule has 0 amide bonds. The summed E-state index contributed by atoms with van der Waals surface area (Å²) in [6, 6.07) is 9.54. The van der Waals surface area contributed by atoms with Crippen LogP contribution in [0.25, 0.3) is 0 Å². The van der Waals surface area contributed by atoms with Crippen molar-refractivity contribution in [1.29, 1.82) is 0 Å². The third-order valence-corrected chi connectivity index (χ3v) is 5.95. The zero-order valence-electron chi connectivity index (χ0n) is 12.7. The third kappa shape index (κ3) is 3.55. The molecule has 0 saturated heterocycles. The van der Waals surface area contributed by atoms with Crippen molar-refractivity contribution in [1.82, 2.24) is 5.32 Å². The summed E-state index contributed by atoms with van der Waals surface area (Å²) in [5.74, 6) is 0.618. The zero-order valence-corrected chi connectivity index (χ0v) is 13.5. The highest BCUT2D eigenvalue weighted by molar-refractivity contribution is 8.00. The second-order valence-corrected chi connectivity index (χ2v) is 7.44. The Bertz CT molecular complexity index is 387. The van der Waals surface area contributed by atoms with Crippen LogP contribution in [0.4, 0.5) is 0 Å². The van der Waals surface area contributed by atoms with Crippen LogP contribution in [0.3, 0.4) is 0 Å². The summed E-state index contributed by atoms with van der Waals surface area (Å²) in [4.78, 5) is 0. The zero-order chi connectivity index (χ0) is 13.9. The minimum atomic E-state index is 0.450. The maximum Gasteiger partial charge on any atom is 0.0292 e. The molecule has 0 heterocycles. The number of rotatable bonds is 6. The van der Waals surface area contributed by atoms with Crippen molar-refractivity contribution in [2.45, 2.75) is 56.7 Å². The van der Waals surface area contributed by atoms with E-state index in [0.29, 0.717) is 16.7 Å². The van der Waals surface area contributed by atoms with Gasteiger partial charge in [0.15, 0.2) is 0 Å². The Labute approximate surface area is 122 Å². The van der Waals surface area contributed by atoms with E-state index in [1.54, 1.807) is 0 Å². The molecule has 1 aliphatic carbocycles. The van der Waals surface area contributed by atoms with Gasteiger partial charge in [0.1, 0.15) is 0 Å². The summed E-state index contributed by atoms with van der Waals surface area (Å²) in [5.41, 5.74) is 2.83. The Hall–Kier alpha value is -0.470. The summed E-state index contributed by atoms with van der Waals surface area (Å²) < 4.78 is 0.520. The fourth-order valence-electron chi connectivity index (χ4n) is 2.65. The van der Waals surface area contributed by atoms with Crippen LogP contribution in [-0.4, -0.2) is 17.5 Å². The van der Waals surface area contributed by atoms with Crippen molar-refractivity contribution in [3.05, 3.63) is 35.4 Å². The van der Waals surface area contributed by atoms with Crippen molar-refractivity contribution in [2.75, 3.05) is 12.8 Å². The Morgan fingerprint density at radius 3 is 2.11 bits per heavy atom. The van der Waals surface area contributed by atoms with Crippen LogP contribution in [0.5, 0.6) is 0 Å². The van der Waals surface area contributed by atoms with Crippen LogP contribution in [0, 0.1) is 0 Å². The fraction of sp³-hybridized carbons (Fsp3) is 0.647. The highest BCUT2D eigenvalue weighted by Crippen LogP contribution is 2.42. The second-order valence-electron chi connectivity index (χ2n) is 6.16. The maximum absolute atomic E-state index is 3.72. The maximum atomic E-state index is 3.72. The first-order valence-corrected chi connectivity index (χ1v) is 8.67. The molecule has 1 N–H and O–H groups in total. The summed E-state index contributed by atoms with van der Waals surface area (Å²) in [5, 5.41) is 3.72. The summed E-state index contributed by atoms with van der Waals surface area (Å²) in [6.07, 6.45) is 6.41. The fourth-order valence-corrected chi connectivity index (χ4v) is 3.58. The van der Waals surface area contributed by atoms with Crippen molar-refractivity contribution in [2.24, 2.45) is 0 Å². The molecular weight excluding hydrogens is 250 g/mol. The highest BCUT2D eigenvalue weighted by Gasteiger charge is 2.35. The molecule has 106 valence electrons. The Morgan fingerprint density at radius 1 is 1.11 bits per heavy atom. The molecule has 0 spiro atoms. The van der Waals surface area contributed by atoms with E-state index >= 15 is 0 Å². The largest absolute Gasteiger partial charge is 0.309 e. The number of nitrogens with one attached hydrogen (secondary N) is 1. The van der Waals surface area contributed by atoms with Gasteiger partial charge in [-0.25, -0.2) is 0 Å². The molecule has 19 heavy (non-hydrogen) atoms. The van der Waals surface area contributed by atoms with Gasteiger partial charge in [0.25, 0.3) is 0 Å². The summed E-state index contributed by atoms with van der Waals surface area (Å²) in [7, 11) is 0. The Balaban J connectivity index is 1.90. The normalized spacial score (nSPS) is 19.2. The van der Waals surface area contributed by atoms with Gasteiger partial charge in [-0.2, -0.15) is 11.8 Å².